The van der Waals surface area contributed by atoms with E-state index in [0.29, 0.717) is 6.04 Å². The summed E-state index contributed by atoms with van der Waals surface area (Å²) in [7, 11) is 2.16. The van der Waals surface area contributed by atoms with E-state index in [9.17, 15) is 0 Å². The Labute approximate surface area is 126 Å². The van der Waals surface area contributed by atoms with Crippen LogP contribution in [0.25, 0.3) is 10.9 Å². The van der Waals surface area contributed by atoms with E-state index in [-0.39, 0.29) is 0 Å². The van der Waals surface area contributed by atoms with Gasteiger partial charge >= 0.3 is 0 Å². The Morgan fingerprint density at radius 1 is 1.24 bits per heavy atom. The second kappa shape index (κ2) is 5.47. The van der Waals surface area contributed by atoms with Crippen molar-refractivity contribution in [3.05, 3.63) is 36.0 Å². The Morgan fingerprint density at radius 3 is 2.86 bits per heavy atom. The number of rotatable bonds is 5. The van der Waals surface area contributed by atoms with E-state index in [4.69, 9.17) is 0 Å². The molecule has 112 valence electrons. The minimum absolute atomic E-state index is 0.709. The second-order valence-corrected chi connectivity index (χ2v) is 6.74. The van der Waals surface area contributed by atoms with Crippen LogP contribution in [-0.2, 0) is 13.6 Å². The van der Waals surface area contributed by atoms with Crippen molar-refractivity contribution in [1.29, 1.82) is 0 Å². The van der Waals surface area contributed by atoms with Crippen molar-refractivity contribution in [2.75, 3.05) is 13.1 Å². The molecular formula is C18H25N3. The lowest BCUT2D eigenvalue weighted by atomic mass is 10.1. The van der Waals surface area contributed by atoms with Crippen molar-refractivity contribution in [3.63, 3.8) is 0 Å². The zero-order valence-electron chi connectivity index (χ0n) is 12.9. The maximum Gasteiger partial charge on any atom is 0.0481 e. The Bertz CT molecular complexity index is 620. The fourth-order valence-electron chi connectivity index (χ4n) is 3.75. The molecule has 1 saturated heterocycles. The Kier molecular flexibility index (Phi) is 3.48. The molecular weight excluding hydrogens is 258 g/mol. The molecule has 0 bridgehead atoms. The lowest BCUT2D eigenvalue weighted by Gasteiger charge is -2.25. The number of nitrogens with one attached hydrogen (secondary N) is 1. The molecule has 3 heteroatoms. The lowest BCUT2D eigenvalue weighted by Crippen LogP contribution is -2.38. The average molecular weight is 283 g/mol. The van der Waals surface area contributed by atoms with Crippen LogP contribution in [0.1, 0.15) is 31.2 Å². The van der Waals surface area contributed by atoms with Gasteiger partial charge < -0.3 is 9.88 Å². The van der Waals surface area contributed by atoms with Gasteiger partial charge in [-0.2, -0.15) is 0 Å². The van der Waals surface area contributed by atoms with E-state index in [1.807, 2.05) is 0 Å². The van der Waals surface area contributed by atoms with Crippen LogP contribution in [0.3, 0.4) is 0 Å². The largest absolute Gasteiger partial charge is 0.350 e. The lowest BCUT2D eigenvalue weighted by molar-refractivity contribution is 0.232. The van der Waals surface area contributed by atoms with Gasteiger partial charge in [0.1, 0.15) is 0 Å². The summed E-state index contributed by atoms with van der Waals surface area (Å²) < 4.78 is 2.27. The zero-order chi connectivity index (χ0) is 14.2. The number of hydrogen-bond acceptors (Lipinski definition) is 2. The van der Waals surface area contributed by atoms with Gasteiger partial charge in [-0.3, -0.25) is 4.90 Å². The Balaban J connectivity index is 1.56. The number of para-hydroxylation sites is 1. The normalized spacial score (nSPS) is 22.5. The summed E-state index contributed by atoms with van der Waals surface area (Å²) in [5.41, 5.74) is 2.83. The summed E-state index contributed by atoms with van der Waals surface area (Å²) in [6.07, 6.45) is 7.79. The van der Waals surface area contributed by atoms with Crippen molar-refractivity contribution in [3.8, 4) is 0 Å². The third-order valence-electron chi connectivity index (χ3n) is 5.03. The van der Waals surface area contributed by atoms with Crippen molar-refractivity contribution in [2.45, 2.75) is 44.3 Å². The SMILES string of the molecule is Cn1cc(CN(CC2CCCN2)C2CC2)c2ccccc21. The van der Waals surface area contributed by atoms with Gasteiger partial charge in [-0.25, -0.2) is 0 Å². The monoisotopic (exact) mass is 283 g/mol. The van der Waals surface area contributed by atoms with Crippen molar-refractivity contribution in [2.24, 2.45) is 7.05 Å². The predicted molar refractivity (Wildman–Crippen MR) is 87.4 cm³/mol. The molecule has 2 fully saturated rings. The highest BCUT2D eigenvalue weighted by molar-refractivity contribution is 5.83. The molecule has 1 aliphatic heterocycles. The first-order valence-corrected chi connectivity index (χ1v) is 8.31. The van der Waals surface area contributed by atoms with Gasteiger partial charge in [-0.15, -0.1) is 0 Å². The highest BCUT2D eigenvalue weighted by atomic mass is 15.2. The Morgan fingerprint density at radius 2 is 2.10 bits per heavy atom. The number of aryl methyl sites for hydroxylation is 1. The van der Waals surface area contributed by atoms with Gasteiger partial charge in [-0.05, 0) is 43.9 Å². The fraction of sp³-hybridized carbons (Fsp3) is 0.556. The van der Waals surface area contributed by atoms with Crippen LogP contribution in [0.4, 0.5) is 0 Å². The van der Waals surface area contributed by atoms with E-state index in [0.717, 1.165) is 12.6 Å². The molecule has 1 unspecified atom stereocenters. The summed E-state index contributed by atoms with van der Waals surface area (Å²) >= 11 is 0. The third-order valence-corrected chi connectivity index (χ3v) is 5.03. The number of fused-ring (bicyclic) bond motifs is 1. The summed E-state index contributed by atoms with van der Waals surface area (Å²) in [6, 6.07) is 10.3. The topological polar surface area (TPSA) is 20.2 Å². The van der Waals surface area contributed by atoms with E-state index >= 15 is 0 Å². The van der Waals surface area contributed by atoms with E-state index in [1.54, 1.807) is 0 Å². The van der Waals surface area contributed by atoms with Gasteiger partial charge in [0.05, 0.1) is 0 Å². The second-order valence-electron chi connectivity index (χ2n) is 6.74. The molecule has 0 amide bonds. The first-order valence-electron chi connectivity index (χ1n) is 8.31. The quantitative estimate of drug-likeness (QED) is 0.910. The van der Waals surface area contributed by atoms with Gasteiger partial charge in [-0.1, -0.05) is 18.2 Å². The Hall–Kier alpha value is -1.32. The molecule has 2 aromatic rings. The molecule has 1 atom stereocenters. The molecule has 0 radical (unpaired) electrons. The number of hydrogen-bond donors (Lipinski definition) is 1. The van der Waals surface area contributed by atoms with Crippen LogP contribution in [0.15, 0.2) is 30.5 Å². The van der Waals surface area contributed by atoms with Crippen LogP contribution in [0, 0.1) is 0 Å². The zero-order valence-corrected chi connectivity index (χ0v) is 12.9. The molecule has 1 aromatic heterocycles. The van der Waals surface area contributed by atoms with Gasteiger partial charge in [0, 0.05) is 49.3 Å². The van der Waals surface area contributed by atoms with E-state index < -0.39 is 0 Å². The van der Waals surface area contributed by atoms with E-state index in [2.05, 4.69) is 52.3 Å². The number of benzene rings is 1. The first kappa shape index (κ1) is 13.4. The molecule has 2 aliphatic rings. The van der Waals surface area contributed by atoms with Crippen molar-refractivity contribution >= 4 is 10.9 Å². The van der Waals surface area contributed by atoms with Crippen LogP contribution in [0.5, 0.6) is 0 Å². The third kappa shape index (κ3) is 2.72. The summed E-state index contributed by atoms with van der Waals surface area (Å²) in [6.45, 7) is 3.52. The molecule has 0 spiro atoms. The molecule has 1 aliphatic carbocycles. The average Bonchev–Trinajstić information content (AvgIpc) is 3.14. The molecule has 1 N–H and O–H groups in total. The van der Waals surface area contributed by atoms with Crippen LogP contribution in [-0.4, -0.2) is 34.6 Å². The molecule has 4 rings (SSSR count). The smallest absolute Gasteiger partial charge is 0.0481 e. The predicted octanol–water partition coefficient (Wildman–Crippen LogP) is 2.89. The first-order chi connectivity index (χ1) is 10.3. The number of aromatic nitrogens is 1. The maximum atomic E-state index is 3.65. The summed E-state index contributed by atoms with van der Waals surface area (Å²) in [5, 5.41) is 5.07. The summed E-state index contributed by atoms with van der Waals surface area (Å²) in [5.74, 6) is 0. The molecule has 1 aromatic carbocycles. The van der Waals surface area contributed by atoms with Gasteiger partial charge in [0.25, 0.3) is 0 Å². The maximum absolute atomic E-state index is 3.65. The minimum atomic E-state index is 0.709. The van der Waals surface area contributed by atoms with Crippen molar-refractivity contribution < 1.29 is 0 Å². The van der Waals surface area contributed by atoms with Crippen molar-refractivity contribution in [1.82, 2.24) is 14.8 Å². The highest BCUT2D eigenvalue weighted by Gasteiger charge is 2.31. The molecule has 2 heterocycles. The minimum Gasteiger partial charge on any atom is -0.350 e. The fourth-order valence-corrected chi connectivity index (χ4v) is 3.75. The molecule has 3 nitrogen and oxygen atoms in total. The summed E-state index contributed by atoms with van der Waals surface area (Å²) in [4.78, 5) is 2.71. The highest BCUT2D eigenvalue weighted by Crippen LogP contribution is 2.31. The standard InChI is InChI=1S/C18H25N3/c1-20-11-14(17-6-2-3-7-18(17)20)12-21(16-8-9-16)13-15-5-4-10-19-15/h2-3,6-7,11,15-16,19H,4-5,8-10,12-13H2,1H3. The van der Waals surface area contributed by atoms with Crippen LogP contribution in [0.2, 0.25) is 0 Å². The van der Waals surface area contributed by atoms with Crippen LogP contribution >= 0.6 is 0 Å². The van der Waals surface area contributed by atoms with E-state index in [1.165, 1.54) is 55.2 Å². The molecule has 1 saturated carbocycles. The molecule has 21 heavy (non-hydrogen) atoms. The van der Waals surface area contributed by atoms with Gasteiger partial charge in [0.15, 0.2) is 0 Å². The van der Waals surface area contributed by atoms with Gasteiger partial charge in [0.2, 0.25) is 0 Å². The number of nitrogens with zero attached hydrogens (tertiary/aromatic N) is 2. The van der Waals surface area contributed by atoms with Crippen LogP contribution < -0.4 is 5.32 Å².